The third kappa shape index (κ3) is 2.80. The minimum Gasteiger partial charge on any atom is -0.468 e. The highest BCUT2D eigenvalue weighted by atomic mass is 19.4. The van der Waals surface area contributed by atoms with Crippen molar-refractivity contribution in [1.82, 2.24) is 0 Å². The molecule has 0 fully saturated rings. The zero-order valence-electron chi connectivity index (χ0n) is 9.93. The fourth-order valence-corrected chi connectivity index (χ4v) is 1.70. The van der Waals surface area contributed by atoms with Gasteiger partial charge < -0.3 is 4.42 Å². The summed E-state index contributed by atoms with van der Waals surface area (Å²) in [4.78, 5) is 0. The first-order valence-electron chi connectivity index (χ1n) is 5.38. The van der Waals surface area contributed by atoms with E-state index in [-0.39, 0.29) is 11.7 Å². The Hall–Kier alpha value is -0.930. The van der Waals surface area contributed by atoms with Crippen LogP contribution in [0.5, 0.6) is 0 Å². The molecule has 0 amide bonds. The van der Waals surface area contributed by atoms with E-state index in [1.807, 2.05) is 13.8 Å². The molecule has 0 aliphatic carbocycles. The predicted octanol–water partition coefficient (Wildman–Crippen LogP) is 4.70. The number of hydrogen-bond acceptors (Lipinski definition) is 1. The summed E-state index contributed by atoms with van der Waals surface area (Å²) in [6.45, 7) is 6.95. The minimum absolute atomic E-state index is 0.0196. The summed E-state index contributed by atoms with van der Waals surface area (Å²) < 4.78 is 43.5. The smallest absolute Gasteiger partial charge is 0.399 e. The molecule has 0 saturated carbocycles. The van der Waals surface area contributed by atoms with Crippen molar-refractivity contribution in [2.24, 2.45) is 5.92 Å². The van der Waals surface area contributed by atoms with E-state index in [2.05, 4.69) is 0 Å². The zero-order chi connectivity index (χ0) is 12.5. The van der Waals surface area contributed by atoms with Crippen LogP contribution < -0.4 is 0 Å². The zero-order valence-corrected chi connectivity index (χ0v) is 9.93. The molecule has 1 heterocycles. The fourth-order valence-electron chi connectivity index (χ4n) is 1.70. The van der Waals surface area contributed by atoms with E-state index in [0.717, 1.165) is 5.56 Å². The van der Waals surface area contributed by atoms with Crippen LogP contribution in [0.15, 0.2) is 16.7 Å². The van der Waals surface area contributed by atoms with Crippen LogP contribution in [0.25, 0.3) is 0 Å². The summed E-state index contributed by atoms with van der Waals surface area (Å²) in [5, 5.41) is 0. The number of furan rings is 1. The average molecular weight is 234 g/mol. The van der Waals surface area contributed by atoms with Crippen LogP contribution >= 0.6 is 0 Å². The second-order valence-electron chi connectivity index (χ2n) is 4.70. The highest BCUT2D eigenvalue weighted by Crippen LogP contribution is 2.41. The third-order valence-corrected chi connectivity index (χ3v) is 2.63. The number of hydrogen-bond donors (Lipinski definition) is 0. The molecule has 0 radical (unpaired) electrons. The van der Waals surface area contributed by atoms with Gasteiger partial charge in [0.05, 0.1) is 6.26 Å². The van der Waals surface area contributed by atoms with Gasteiger partial charge in [0, 0.05) is 0 Å². The first-order chi connectivity index (χ1) is 7.23. The minimum atomic E-state index is -4.25. The predicted molar refractivity (Wildman–Crippen MR) is 56.4 cm³/mol. The number of rotatable bonds is 3. The Morgan fingerprint density at radius 2 is 1.69 bits per heavy atom. The van der Waals surface area contributed by atoms with Gasteiger partial charge in [0.25, 0.3) is 0 Å². The fraction of sp³-hybridized carbons (Fsp3) is 0.667. The normalized spacial score (nSPS) is 14.8. The molecule has 4 heteroatoms. The summed E-state index contributed by atoms with van der Waals surface area (Å²) in [5.74, 6) is -1.84. The molecule has 1 nitrogen and oxygen atoms in total. The number of alkyl halides is 3. The maximum atomic E-state index is 12.8. The quantitative estimate of drug-likeness (QED) is 0.738. The SMILES string of the molecule is CC(C)c1coc(C(C(C)C)C(F)(F)F)c1. The van der Waals surface area contributed by atoms with Crippen LogP contribution in [0, 0.1) is 5.92 Å². The van der Waals surface area contributed by atoms with Crippen molar-refractivity contribution in [1.29, 1.82) is 0 Å². The molecule has 92 valence electrons. The molecule has 1 atom stereocenters. The standard InChI is InChI=1S/C12H17F3O/c1-7(2)9-5-10(16-6-9)11(8(3)4)12(13,14)15/h5-8,11H,1-4H3. The lowest BCUT2D eigenvalue weighted by Gasteiger charge is -2.21. The van der Waals surface area contributed by atoms with E-state index in [1.165, 1.54) is 12.3 Å². The average Bonchev–Trinajstić information content (AvgIpc) is 2.49. The molecule has 0 spiro atoms. The molecule has 16 heavy (non-hydrogen) atoms. The molecule has 0 N–H and O–H groups in total. The van der Waals surface area contributed by atoms with E-state index in [9.17, 15) is 13.2 Å². The third-order valence-electron chi connectivity index (χ3n) is 2.63. The van der Waals surface area contributed by atoms with Gasteiger partial charge in [-0.3, -0.25) is 0 Å². The van der Waals surface area contributed by atoms with E-state index < -0.39 is 18.0 Å². The largest absolute Gasteiger partial charge is 0.468 e. The maximum absolute atomic E-state index is 12.8. The van der Waals surface area contributed by atoms with Crippen molar-refractivity contribution in [2.75, 3.05) is 0 Å². The monoisotopic (exact) mass is 234 g/mol. The molecule has 0 saturated heterocycles. The number of halogens is 3. The van der Waals surface area contributed by atoms with Gasteiger partial charge in [-0.05, 0) is 23.5 Å². The Morgan fingerprint density at radius 1 is 1.12 bits per heavy atom. The Kier molecular flexibility index (Phi) is 3.71. The maximum Gasteiger partial charge on any atom is 0.399 e. The Morgan fingerprint density at radius 3 is 2.00 bits per heavy atom. The first-order valence-corrected chi connectivity index (χ1v) is 5.38. The molecule has 1 rings (SSSR count). The summed E-state index contributed by atoms with van der Waals surface area (Å²) in [5.41, 5.74) is 0.810. The van der Waals surface area contributed by atoms with Crippen LogP contribution in [-0.2, 0) is 0 Å². The van der Waals surface area contributed by atoms with E-state index in [0.29, 0.717) is 0 Å². The summed E-state index contributed by atoms with van der Waals surface area (Å²) >= 11 is 0. The summed E-state index contributed by atoms with van der Waals surface area (Å²) in [7, 11) is 0. The molecular formula is C12H17F3O. The van der Waals surface area contributed by atoms with Gasteiger partial charge in [0.15, 0.2) is 0 Å². The Balaban J connectivity index is 3.03. The lowest BCUT2D eigenvalue weighted by atomic mass is 9.92. The van der Waals surface area contributed by atoms with Crippen molar-refractivity contribution in [3.63, 3.8) is 0 Å². The van der Waals surface area contributed by atoms with Gasteiger partial charge in [0.1, 0.15) is 11.7 Å². The van der Waals surface area contributed by atoms with Crippen molar-refractivity contribution < 1.29 is 17.6 Å². The lowest BCUT2D eigenvalue weighted by Crippen LogP contribution is -2.25. The van der Waals surface area contributed by atoms with Gasteiger partial charge in [-0.25, -0.2) is 0 Å². The van der Waals surface area contributed by atoms with E-state index in [4.69, 9.17) is 4.42 Å². The summed E-state index contributed by atoms with van der Waals surface area (Å²) in [6, 6.07) is 1.52. The van der Waals surface area contributed by atoms with Gasteiger partial charge in [0.2, 0.25) is 0 Å². The van der Waals surface area contributed by atoms with Crippen LogP contribution in [0.2, 0.25) is 0 Å². The van der Waals surface area contributed by atoms with Crippen LogP contribution in [0.4, 0.5) is 13.2 Å². The van der Waals surface area contributed by atoms with Gasteiger partial charge in [-0.1, -0.05) is 27.7 Å². The van der Waals surface area contributed by atoms with Gasteiger partial charge in [-0.15, -0.1) is 0 Å². The van der Waals surface area contributed by atoms with Crippen molar-refractivity contribution in [3.8, 4) is 0 Å². The van der Waals surface area contributed by atoms with Gasteiger partial charge in [-0.2, -0.15) is 13.2 Å². The van der Waals surface area contributed by atoms with Crippen molar-refractivity contribution in [3.05, 3.63) is 23.7 Å². The van der Waals surface area contributed by atoms with Crippen LogP contribution in [0.1, 0.15) is 50.9 Å². The summed E-state index contributed by atoms with van der Waals surface area (Å²) in [6.07, 6.45) is -2.83. The first kappa shape index (κ1) is 13.1. The molecule has 0 aliphatic heterocycles. The van der Waals surface area contributed by atoms with E-state index >= 15 is 0 Å². The molecule has 0 aliphatic rings. The van der Waals surface area contributed by atoms with E-state index in [1.54, 1.807) is 13.8 Å². The highest BCUT2D eigenvalue weighted by Gasteiger charge is 2.44. The van der Waals surface area contributed by atoms with Crippen molar-refractivity contribution >= 4 is 0 Å². The molecule has 0 aromatic carbocycles. The molecule has 0 bridgehead atoms. The second kappa shape index (κ2) is 4.52. The van der Waals surface area contributed by atoms with Crippen LogP contribution in [-0.4, -0.2) is 6.18 Å². The van der Waals surface area contributed by atoms with Crippen LogP contribution in [0.3, 0.4) is 0 Å². The topological polar surface area (TPSA) is 13.1 Å². The van der Waals surface area contributed by atoms with Crippen molar-refractivity contribution in [2.45, 2.75) is 45.7 Å². The molecule has 1 unspecified atom stereocenters. The highest BCUT2D eigenvalue weighted by molar-refractivity contribution is 5.20. The Bertz CT molecular complexity index is 336. The molecule has 1 aromatic rings. The molecule has 1 aromatic heterocycles. The molecular weight excluding hydrogens is 217 g/mol. The van der Waals surface area contributed by atoms with Gasteiger partial charge >= 0.3 is 6.18 Å². The lowest BCUT2D eigenvalue weighted by molar-refractivity contribution is -0.163. The Labute approximate surface area is 93.6 Å². The second-order valence-corrected chi connectivity index (χ2v) is 4.70.